The Morgan fingerprint density at radius 3 is 2.59 bits per heavy atom. The Bertz CT molecular complexity index is 465. The number of halogens is 1. The standard InChI is InChI=1S/C11H16BrNO3S/c1-8(2)17(14,15)7-6-16-11-9(12)4-3-5-10(11)13/h3-5,8H,6-7,13H2,1-2H3. The van der Waals surface area contributed by atoms with Crippen LogP contribution in [0.5, 0.6) is 5.75 Å². The minimum atomic E-state index is -3.08. The van der Waals surface area contributed by atoms with Gasteiger partial charge in [0.15, 0.2) is 15.6 Å². The van der Waals surface area contributed by atoms with Gasteiger partial charge in [0.25, 0.3) is 0 Å². The molecule has 0 amide bonds. The summed E-state index contributed by atoms with van der Waals surface area (Å²) in [6, 6.07) is 5.29. The number of ether oxygens (including phenoxy) is 1. The smallest absolute Gasteiger partial charge is 0.156 e. The second-order valence-corrected chi connectivity index (χ2v) is 7.45. The zero-order valence-electron chi connectivity index (χ0n) is 9.81. The second kappa shape index (κ2) is 5.73. The summed E-state index contributed by atoms with van der Waals surface area (Å²) in [6.07, 6.45) is 0. The third-order valence-electron chi connectivity index (χ3n) is 2.33. The molecule has 0 aliphatic heterocycles. The number of benzene rings is 1. The van der Waals surface area contributed by atoms with Crippen molar-refractivity contribution in [3.63, 3.8) is 0 Å². The van der Waals surface area contributed by atoms with E-state index in [0.717, 1.165) is 4.47 Å². The molecule has 1 aromatic carbocycles. The number of hydrogen-bond acceptors (Lipinski definition) is 4. The Kier molecular flexibility index (Phi) is 4.82. The molecular weight excluding hydrogens is 306 g/mol. The SMILES string of the molecule is CC(C)S(=O)(=O)CCOc1c(N)cccc1Br. The molecule has 0 radical (unpaired) electrons. The summed E-state index contributed by atoms with van der Waals surface area (Å²) >= 11 is 3.30. The first-order chi connectivity index (χ1) is 7.84. The normalized spacial score (nSPS) is 11.8. The Balaban J connectivity index is 2.64. The van der Waals surface area contributed by atoms with Crippen molar-refractivity contribution < 1.29 is 13.2 Å². The first kappa shape index (κ1) is 14.3. The summed E-state index contributed by atoms with van der Waals surface area (Å²) in [5.74, 6) is 0.484. The van der Waals surface area contributed by atoms with Crippen LogP contribution in [0.3, 0.4) is 0 Å². The molecule has 0 unspecified atom stereocenters. The van der Waals surface area contributed by atoms with Crippen molar-refractivity contribution in [3.05, 3.63) is 22.7 Å². The van der Waals surface area contributed by atoms with Gasteiger partial charge in [-0.05, 0) is 41.9 Å². The summed E-state index contributed by atoms with van der Waals surface area (Å²) in [7, 11) is -3.08. The number of para-hydroxylation sites is 1. The van der Waals surface area contributed by atoms with Gasteiger partial charge in [0, 0.05) is 0 Å². The fourth-order valence-corrected chi connectivity index (χ4v) is 2.46. The molecule has 0 bridgehead atoms. The summed E-state index contributed by atoms with van der Waals surface area (Å²) in [5.41, 5.74) is 6.21. The highest BCUT2D eigenvalue weighted by Crippen LogP contribution is 2.30. The number of anilines is 1. The highest BCUT2D eigenvalue weighted by atomic mass is 79.9. The predicted molar refractivity (Wildman–Crippen MR) is 73.0 cm³/mol. The molecule has 0 aliphatic rings. The van der Waals surface area contributed by atoms with E-state index in [0.29, 0.717) is 11.4 Å². The molecule has 1 rings (SSSR count). The zero-order chi connectivity index (χ0) is 13.1. The Morgan fingerprint density at radius 2 is 2.06 bits per heavy atom. The van der Waals surface area contributed by atoms with Gasteiger partial charge in [0.05, 0.1) is 21.2 Å². The lowest BCUT2D eigenvalue weighted by Crippen LogP contribution is -2.22. The Labute approximate surface area is 110 Å². The molecular formula is C11H16BrNO3S. The second-order valence-electron chi connectivity index (χ2n) is 3.92. The molecule has 0 heterocycles. The molecule has 4 nitrogen and oxygen atoms in total. The van der Waals surface area contributed by atoms with Gasteiger partial charge in [-0.2, -0.15) is 0 Å². The first-order valence-electron chi connectivity index (χ1n) is 5.23. The average Bonchev–Trinajstić information content (AvgIpc) is 2.22. The first-order valence-corrected chi connectivity index (χ1v) is 7.74. The van der Waals surface area contributed by atoms with E-state index in [2.05, 4.69) is 15.9 Å². The van der Waals surface area contributed by atoms with Crippen LogP contribution in [-0.2, 0) is 9.84 Å². The fraction of sp³-hybridized carbons (Fsp3) is 0.455. The van der Waals surface area contributed by atoms with Crippen molar-refractivity contribution in [2.75, 3.05) is 18.1 Å². The van der Waals surface area contributed by atoms with E-state index in [-0.39, 0.29) is 17.6 Å². The van der Waals surface area contributed by atoms with Gasteiger partial charge in [-0.15, -0.1) is 0 Å². The lowest BCUT2D eigenvalue weighted by Gasteiger charge is -2.12. The molecule has 0 saturated heterocycles. The maximum Gasteiger partial charge on any atom is 0.156 e. The number of sulfone groups is 1. The highest BCUT2D eigenvalue weighted by molar-refractivity contribution is 9.10. The van der Waals surface area contributed by atoms with Crippen molar-refractivity contribution in [3.8, 4) is 5.75 Å². The summed E-state index contributed by atoms with van der Waals surface area (Å²) in [6.45, 7) is 3.41. The van der Waals surface area contributed by atoms with Crippen molar-refractivity contribution in [2.45, 2.75) is 19.1 Å². The Morgan fingerprint density at radius 1 is 1.41 bits per heavy atom. The average molecular weight is 322 g/mol. The van der Waals surface area contributed by atoms with Gasteiger partial charge in [-0.3, -0.25) is 0 Å². The van der Waals surface area contributed by atoms with Gasteiger partial charge in [-0.1, -0.05) is 6.07 Å². The van der Waals surface area contributed by atoms with Crippen LogP contribution in [0.1, 0.15) is 13.8 Å². The van der Waals surface area contributed by atoms with E-state index in [1.54, 1.807) is 32.0 Å². The lowest BCUT2D eigenvalue weighted by atomic mass is 10.3. The molecule has 0 aliphatic carbocycles. The van der Waals surface area contributed by atoms with E-state index in [9.17, 15) is 8.42 Å². The lowest BCUT2D eigenvalue weighted by molar-refractivity contribution is 0.340. The van der Waals surface area contributed by atoms with E-state index in [4.69, 9.17) is 10.5 Å². The van der Waals surface area contributed by atoms with Crippen LogP contribution in [0.25, 0.3) is 0 Å². The number of nitrogen functional groups attached to an aromatic ring is 1. The monoisotopic (exact) mass is 321 g/mol. The predicted octanol–water partition coefficient (Wildman–Crippen LogP) is 2.23. The maximum atomic E-state index is 11.6. The van der Waals surface area contributed by atoms with Crippen LogP contribution in [0.4, 0.5) is 5.69 Å². The molecule has 0 spiro atoms. The largest absolute Gasteiger partial charge is 0.489 e. The van der Waals surface area contributed by atoms with Crippen LogP contribution in [-0.4, -0.2) is 26.0 Å². The van der Waals surface area contributed by atoms with Crippen molar-refractivity contribution in [2.24, 2.45) is 0 Å². The minimum absolute atomic E-state index is 0.00849. The third-order valence-corrected chi connectivity index (χ3v) is 5.13. The van der Waals surface area contributed by atoms with Gasteiger partial charge < -0.3 is 10.5 Å². The van der Waals surface area contributed by atoms with E-state index < -0.39 is 9.84 Å². The molecule has 17 heavy (non-hydrogen) atoms. The maximum absolute atomic E-state index is 11.6. The minimum Gasteiger partial charge on any atom is -0.489 e. The van der Waals surface area contributed by atoms with Crippen LogP contribution in [0.15, 0.2) is 22.7 Å². The van der Waals surface area contributed by atoms with Crippen LogP contribution >= 0.6 is 15.9 Å². The topological polar surface area (TPSA) is 69.4 Å². The number of hydrogen-bond donors (Lipinski definition) is 1. The molecule has 6 heteroatoms. The van der Waals surface area contributed by atoms with Gasteiger partial charge in [0.1, 0.15) is 6.61 Å². The third kappa shape index (κ3) is 3.89. The Hall–Kier alpha value is -0.750. The fourth-order valence-electron chi connectivity index (χ4n) is 1.17. The summed E-state index contributed by atoms with van der Waals surface area (Å²) in [4.78, 5) is 0. The molecule has 2 N–H and O–H groups in total. The summed E-state index contributed by atoms with van der Waals surface area (Å²) < 4.78 is 29.3. The highest BCUT2D eigenvalue weighted by Gasteiger charge is 2.16. The molecule has 0 atom stereocenters. The zero-order valence-corrected chi connectivity index (χ0v) is 12.2. The molecule has 0 saturated carbocycles. The summed E-state index contributed by atoms with van der Waals surface area (Å²) in [5, 5.41) is -0.386. The van der Waals surface area contributed by atoms with Crippen molar-refractivity contribution in [1.82, 2.24) is 0 Å². The van der Waals surface area contributed by atoms with E-state index in [1.807, 2.05) is 0 Å². The molecule has 0 fully saturated rings. The van der Waals surface area contributed by atoms with E-state index in [1.165, 1.54) is 0 Å². The quantitative estimate of drug-likeness (QED) is 0.844. The number of rotatable bonds is 5. The van der Waals surface area contributed by atoms with Crippen molar-refractivity contribution in [1.29, 1.82) is 0 Å². The van der Waals surface area contributed by atoms with Crippen molar-refractivity contribution >= 4 is 31.5 Å². The molecule has 96 valence electrons. The molecule has 1 aromatic rings. The number of nitrogens with two attached hydrogens (primary N) is 1. The van der Waals surface area contributed by atoms with Gasteiger partial charge in [0.2, 0.25) is 0 Å². The van der Waals surface area contributed by atoms with Gasteiger partial charge in [-0.25, -0.2) is 8.42 Å². The van der Waals surface area contributed by atoms with Crippen LogP contribution in [0, 0.1) is 0 Å². The van der Waals surface area contributed by atoms with Crippen LogP contribution in [0.2, 0.25) is 0 Å². The van der Waals surface area contributed by atoms with Crippen LogP contribution < -0.4 is 10.5 Å². The molecule has 0 aromatic heterocycles. The van der Waals surface area contributed by atoms with E-state index >= 15 is 0 Å². The van der Waals surface area contributed by atoms with Gasteiger partial charge >= 0.3 is 0 Å².